The third-order valence-electron chi connectivity index (χ3n) is 1.51. The Morgan fingerprint density at radius 1 is 1.58 bits per heavy atom. The Hall–Kier alpha value is 0.270. The van der Waals surface area contributed by atoms with Crippen LogP contribution in [0.3, 0.4) is 0 Å². The topological polar surface area (TPSA) is 12.9 Å². The van der Waals surface area contributed by atoms with Crippen molar-refractivity contribution in [2.24, 2.45) is 0 Å². The van der Waals surface area contributed by atoms with Crippen molar-refractivity contribution in [2.45, 2.75) is 12.8 Å². The van der Waals surface area contributed by atoms with Gasteiger partial charge < -0.3 is 0 Å². The first-order valence-corrected chi connectivity index (χ1v) is 5.45. The van der Waals surface area contributed by atoms with Crippen LogP contribution in [0.5, 0.6) is 0 Å². The van der Waals surface area contributed by atoms with Gasteiger partial charge in [-0.25, -0.2) is 4.98 Å². The minimum Gasteiger partial charge on any atom is -0.243 e. The molecule has 1 aromatic heterocycles. The Labute approximate surface area is 91.1 Å². The molecule has 1 rings (SSSR count). The summed E-state index contributed by atoms with van der Waals surface area (Å²) in [7, 11) is 0. The summed E-state index contributed by atoms with van der Waals surface area (Å²) in [6.07, 6.45) is 3.78. The maximum Gasteiger partial charge on any atom is 0.129 e. The van der Waals surface area contributed by atoms with Crippen molar-refractivity contribution in [2.75, 3.05) is 5.75 Å². The molecule has 4 heteroatoms. The van der Waals surface area contributed by atoms with E-state index in [0.29, 0.717) is 5.15 Å². The van der Waals surface area contributed by atoms with E-state index in [1.807, 2.05) is 6.07 Å². The number of hydrogen-bond donors (Lipinski definition) is 1. The second-order valence-electron chi connectivity index (χ2n) is 2.43. The SMILES string of the molecule is SCCCc1cc(Cl)ncc1Br. The summed E-state index contributed by atoms with van der Waals surface area (Å²) in [4.78, 5) is 3.95. The van der Waals surface area contributed by atoms with Crippen molar-refractivity contribution in [1.29, 1.82) is 0 Å². The van der Waals surface area contributed by atoms with Gasteiger partial charge in [-0.05, 0) is 46.2 Å². The van der Waals surface area contributed by atoms with E-state index in [4.69, 9.17) is 11.6 Å². The standard InChI is InChI=1S/C8H9BrClNS/c9-7-5-11-8(10)4-6(7)2-1-3-12/h4-5,12H,1-3H2. The Morgan fingerprint density at radius 3 is 3.00 bits per heavy atom. The molecule has 0 amide bonds. The quantitative estimate of drug-likeness (QED) is 0.654. The normalized spacial score (nSPS) is 10.2. The first-order chi connectivity index (χ1) is 5.74. The summed E-state index contributed by atoms with van der Waals surface area (Å²) in [6.45, 7) is 0. The number of hydrogen-bond acceptors (Lipinski definition) is 2. The average molecular weight is 267 g/mol. The molecule has 0 radical (unpaired) electrons. The van der Waals surface area contributed by atoms with Crippen LogP contribution in [0.25, 0.3) is 0 Å². The zero-order valence-electron chi connectivity index (χ0n) is 6.43. The van der Waals surface area contributed by atoms with Crippen LogP contribution in [-0.2, 0) is 6.42 Å². The molecule has 0 atom stereocenters. The minimum atomic E-state index is 0.548. The van der Waals surface area contributed by atoms with Crippen LogP contribution in [0.2, 0.25) is 5.15 Å². The van der Waals surface area contributed by atoms with Crippen molar-refractivity contribution < 1.29 is 0 Å². The number of thiol groups is 1. The Morgan fingerprint density at radius 2 is 2.33 bits per heavy atom. The molecule has 0 aliphatic rings. The van der Waals surface area contributed by atoms with E-state index in [1.54, 1.807) is 6.20 Å². The molecule has 0 aliphatic heterocycles. The molecule has 0 fully saturated rings. The molecule has 0 aliphatic carbocycles. The predicted octanol–water partition coefficient (Wildman–Crippen LogP) is 3.36. The van der Waals surface area contributed by atoms with E-state index in [2.05, 4.69) is 33.5 Å². The lowest BCUT2D eigenvalue weighted by atomic mass is 10.2. The Balaban J connectivity index is 2.75. The number of aryl methyl sites for hydroxylation is 1. The third-order valence-corrected chi connectivity index (χ3v) is 2.74. The molecule has 0 N–H and O–H groups in total. The van der Waals surface area contributed by atoms with Crippen LogP contribution >= 0.6 is 40.2 Å². The number of rotatable bonds is 3. The van der Waals surface area contributed by atoms with Crippen molar-refractivity contribution in [3.8, 4) is 0 Å². The molecule has 0 spiro atoms. The Bertz CT molecular complexity index is 267. The summed E-state index contributed by atoms with van der Waals surface area (Å²) in [5.74, 6) is 0.895. The van der Waals surface area contributed by atoms with Gasteiger partial charge in [0, 0.05) is 10.7 Å². The van der Waals surface area contributed by atoms with Crippen molar-refractivity contribution in [3.05, 3.63) is 27.5 Å². The summed E-state index contributed by atoms with van der Waals surface area (Å²) < 4.78 is 1.02. The molecule has 66 valence electrons. The van der Waals surface area contributed by atoms with E-state index in [1.165, 1.54) is 5.56 Å². The van der Waals surface area contributed by atoms with Gasteiger partial charge in [0.05, 0.1) is 0 Å². The predicted molar refractivity (Wildman–Crippen MR) is 59.1 cm³/mol. The fourth-order valence-electron chi connectivity index (χ4n) is 0.912. The third kappa shape index (κ3) is 2.96. The van der Waals surface area contributed by atoms with Gasteiger partial charge in [0.25, 0.3) is 0 Å². The summed E-state index contributed by atoms with van der Waals surface area (Å²) in [6, 6.07) is 1.88. The largest absolute Gasteiger partial charge is 0.243 e. The fraction of sp³-hybridized carbons (Fsp3) is 0.375. The van der Waals surface area contributed by atoms with Crippen LogP contribution in [0.4, 0.5) is 0 Å². The lowest BCUT2D eigenvalue weighted by Gasteiger charge is -2.02. The van der Waals surface area contributed by atoms with Gasteiger partial charge in [-0.1, -0.05) is 11.6 Å². The van der Waals surface area contributed by atoms with Gasteiger partial charge in [0.2, 0.25) is 0 Å². The molecule has 0 bridgehead atoms. The number of pyridine rings is 1. The minimum absolute atomic E-state index is 0.548. The molecule has 1 aromatic rings. The molecule has 0 aromatic carbocycles. The van der Waals surface area contributed by atoms with Gasteiger partial charge in [-0.15, -0.1) is 0 Å². The van der Waals surface area contributed by atoms with Crippen LogP contribution in [0, 0.1) is 0 Å². The molecular weight excluding hydrogens is 258 g/mol. The highest BCUT2D eigenvalue weighted by Crippen LogP contribution is 2.20. The maximum absolute atomic E-state index is 5.74. The van der Waals surface area contributed by atoms with Gasteiger partial charge in [-0.2, -0.15) is 12.6 Å². The van der Waals surface area contributed by atoms with E-state index in [-0.39, 0.29) is 0 Å². The van der Waals surface area contributed by atoms with Gasteiger partial charge >= 0.3 is 0 Å². The fourth-order valence-corrected chi connectivity index (χ4v) is 1.67. The van der Waals surface area contributed by atoms with Crippen molar-refractivity contribution in [1.82, 2.24) is 4.98 Å². The molecule has 12 heavy (non-hydrogen) atoms. The van der Waals surface area contributed by atoms with Gasteiger partial charge in [0.15, 0.2) is 0 Å². The first kappa shape index (κ1) is 10.4. The second-order valence-corrected chi connectivity index (χ2v) is 4.11. The number of nitrogens with zero attached hydrogens (tertiary/aromatic N) is 1. The number of halogens is 2. The first-order valence-electron chi connectivity index (χ1n) is 3.65. The van der Waals surface area contributed by atoms with E-state index in [9.17, 15) is 0 Å². The second kappa shape index (κ2) is 5.10. The van der Waals surface area contributed by atoms with Gasteiger partial charge in [0.1, 0.15) is 5.15 Å². The maximum atomic E-state index is 5.74. The molecule has 0 unspecified atom stereocenters. The molecule has 1 nitrogen and oxygen atoms in total. The zero-order valence-corrected chi connectivity index (χ0v) is 9.66. The number of aromatic nitrogens is 1. The van der Waals surface area contributed by atoms with E-state index >= 15 is 0 Å². The Kier molecular flexibility index (Phi) is 4.40. The monoisotopic (exact) mass is 265 g/mol. The molecule has 0 saturated carbocycles. The molecule has 0 saturated heterocycles. The van der Waals surface area contributed by atoms with Crippen LogP contribution in [0.15, 0.2) is 16.7 Å². The highest BCUT2D eigenvalue weighted by atomic mass is 79.9. The summed E-state index contributed by atoms with van der Waals surface area (Å²) in [5.41, 5.74) is 1.20. The van der Waals surface area contributed by atoms with Crippen molar-refractivity contribution in [3.63, 3.8) is 0 Å². The lowest BCUT2D eigenvalue weighted by molar-refractivity contribution is 0.926. The molecule has 1 heterocycles. The van der Waals surface area contributed by atoms with Crippen molar-refractivity contribution >= 4 is 40.2 Å². The van der Waals surface area contributed by atoms with Crippen LogP contribution in [-0.4, -0.2) is 10.7 Å². The highest BCUT2D eigenvalue weighted by Gasteiger charge is 2.00. The summed E-state index contributed by atoms with van der Waals surface area (Å²) >= 11 is 13.3. The molecular formula is C8H9BrClNS. The van der Waals surface area contributed by atoms with Crippen LogP contribution in [0.1, 0.15) is 12.0 Å². The summed E-state index contributed by atoms with van der Waals surface area (Å²) in [5, 5.41) is 0.548. The average Bonchev–Trinajstić information content (AvgIpc) is 2.07. The zero-order chi connectivity index (χ0) is 8.97. The highest BCUT2D eigenvalue weighted by molar-refractivity contribution is 9.10. The lowest BCUT2D eigenvalue weighted by Crippen LogP contribution is -1.89. The van der Waals surface area contributed by atoms with E-state index < -0.39 is 0 Å². The smallest absolute Gasteiger partial charge is 0.129 e. The van der Waals surface area contributed by atoms with Gasteiger partial charge in [-0.3, -0.25) is 0 Å². The van der Waals surface area contributed by atoms with Crippen LogP contribution < -0.4 is 0 Å². The van der Waals surface area contributed by atoms with E-state index in [0.717, 1.165) is 23.1 Å².